The summed E-state index contributed by atoms with van der Waals surface area (Å²) >= 11 is 0. The molecule has 3 heteroatoms. The number of carbonyl (C=O) groups excluding carboxylic acids is 1. The van der Waals surface area contributed by atoms with E-state index in [1.165, 1.54) is 29.2 Å². The number of hydrogen-bond donors (Lipinski definition) is 1. The van der Waals surface area contributed by atoms with Crippen LogP contribution in [0.4, 0.5) is 0 Å². The smallest absolute Gasteiger partial charge is 0.254 e. The van der Waals surface area contributed by atoms with Gasteiger partial charge in [0.1, 0.15) is 6.26 Å². The average Bonchev–Trinajstić information content (AvgIpc) is 2.90. The molecule has 0 radical (unpaired) electrons. The predicted octanol–water partition coefficient (Wildman–Crippen LogP) is 3.26. The Bertz CT molecular complexity index is 544. The van der Waals surface area contributed by atoms with Gasteiger partial charge in [-0.05, 0) is 43.9 Å². The molecule has 0 atom stereocenters. The maximum absolute atomic E-state index is 11.7. The fourth-order valence-corrected chi connectivity index (χ4v) is 2.10. The summed E-state index contributed by atoms with van der Waals surface area (Å²) in [5, 5.41) is 2.89. The van der Waals surface area contributed by atoms with E-state index in [2.05, 4.69) is 37.4 Å². The first-order valence-corrected chi connectivity index (χ1v) is 6.53. The molecule has 1 heterocycles. The van der Waals surface area contributed by atoms with Crippen molar-refractivity contribution in [3.8, 4) is 0 Å². The second-order valence-corrected chi connectivity index (χ2v) is 4.80. The van der Waals surface area contributed by atoms with Crippen molar-refractivity contribution in [2.45, 2.75) is 26.7 Å². The number of amides is 1. The summed E-state index contributed by atoms with van der Waals surface area (Å²) in [5.74, 6) is -0.0746. The van der Waals surface area contributed by atoms with Gasteiger partial charge in [0, 0.05) is 6.54 Å². The second kappa shape index (κ2) is 6.23. The summed E-state index contributed by atoms with van der Waals surface area (Å²) in [6, 6.07) is 8.16. The van der Waals surface area contributed by atoms with Gasteiger partial charge in [0.05, 0.1) is 11.8 Å². The number of hydrogen-bond acceptors (Lipinski definition) is 2. The molecule has 0 aliphatic carbocycles. The molecule has 100 valence electrons. The van der Waals surface area contributed by atoms with E-state index in [-0.39, 0.29) is 5.91 Å². The Hall–Kier alpha value is -2.03. The summed E-state index contributed by atoms with van der Waals surface area (Å²) in [5.41, 5.74) is 4.53. The van der Waals surface area contributed by atoms with Gasteiger partial charge in [-0.1, -0.05) is 23.8 Å². The Kier molecular flexibility index (Phi) is 4.39. The third-order valence-electron chi connectivity index (χ3n) is 3.19. The Morgan fingerprint density at radius 1 is 1.26 bits per heavy atom. The van der Waals surface area contributed by atoms with Crippen LogP contribution in [0.25, 0.3) is 0 Å². The van der Waals surface area contributed by atoms with Crippen LogP contribution in [0.3, 0.4) is 0 Å². The molecule has 19 heavy (non-hydrogen) atoms. The summed E-state index contributed by atoms with van der Waals surface area (Å²) in [4.78, 5) is 11.7. The van der Waals surface area contributed by atoms with Gasteiger partial charge in [-0.15, -0.1) is 0 Å². The zero-order valence-corrected chi connectivity index (χ0v) is 11.4. The van der Waals surface area contributed by atoms with Crippen molar-refractivity contribution in [3.63, 3.8) is 0 Å². The molecule has 2 rings (SSSR count). The molecule has 0 aliphatic rings. The Labute approximate surface area is 113 Å². The molecule has 0 aliphatic heterocycles. The zero-order chi connectivity index (χ0) is 13.7. The first-order chi connectivity index (χ1) is 9.16. The third-order valence-corrected chi connectivity index (χ3v) is 3.19. The summed E-state index contributed by atoms with van der Waals surface area (Å²) in [6.07, 6.45) is 4.88. The highest BCUT2D eigenvalue weighted by molar-refractivity contribution is 5.93. The molecule has 0 saturated carbocycles. The number of furan rings is 1. The van der Waals surface area contributed by atoms with Gasteiger partial charge in [0.15, 0.2) is 0 Å². The van der Waals surface area contributed by atoms with Gasteiger partial charge in [-0.3, -0.25) is 4.79 Å². The summed E-state index contributed by atoms with van der Waals surface area (Å²) < 4.78 is 4.88. The molecule has 1 aromatic heterocycles. The topological polar surface area (TPSA) is 42.2 Å². The molecule has 1 aromatic carbocycles. The number of carbonyl (C=O) groups is 1. The lowest BCUT2D eigenvalue weighted by atomic mass is 10.0. The van der Waals surface area contributed by atoms with Crippen LogP contribution in [0, 0.1) is 13.8 Å². The lowest BCUT2D eigenvalue weighted by Gasteiger charge is -2.07. The molecule has 0 bridgehead atoms. The largest absolute Gasteiger partial charge is 0.472 e. The SMILES string of the molecule is Cc1ccc(CCCNC(=O)c2ccoc2)c(C)c1. The van der Waals surface area contributed by atoms with Crippen molar-refractivity contribution in [1.29, 1.82) is 0 Å². The van der Waals surface area contributed by atoms with Crippen molar-refractivity contribution < 1.29 is 9.21 Å². The molecule has 0 saturated heterocycles. The van der Waals surface area contributed by atoms with Crippen LogP contribution in [-0.2, 0) is 6.42 Å². The van der Waals surface area contributed by atoms with Gasteiger partial charge in [-0.2, -0.15) is 0 Å². The minimum Gasteiger partial charge on any atom is -0.472 e. The van der Waals surface area contributed by atoms with Crippen LogP contribution in [0.1, 0.15) is 33.5 Å². The van der Waals surface area contributed by atoms with Crippen LogP contribution in [0.2, 0.25) is 0 Å². The van der Waals surface area contributed by atoms with E-state index in [0.29, 0.717) is 12.1 Å². The Balaban J connectivity index is 1.76. The number of rotatable bonds is 5. The van der Waals surface area contributed by atoms with E-state index < -0.39 is 0 Å². The third kappa shape index (κ3) is 3.71. The first kappa shape index (κ1) is 13.4. The van der Waals surface area contributed by atoms with Crippen molar-refractivity contribution in [2.24, 2.45) is 0 Å². The lowest BCUT2D eigenvalue weighted by molar-refractivity contribution is 0.0952. The van der Waals surface area contributed by atoms with E-state index in [4.69, 9.17) is 4.42 Å². The van der Waals surface area contributed by atoms with Crippen LogP contribution in [0.5, 0.6) is 0 Å². The number of benzene rings is 1. The highest BCUT2D eigenvalue weighted by atomic mass is 16.3. The van der Waals surface area contributed by atoms with Gasteiger partial charge < -0.3 is 9.73 Å². The van der Waals surface area contributed by atoms with Crippen molar-refractivity contribution in [2.75, 3.05) is 6.54 Å². The number of nitrogens with one attached hydrogen (secondary N) is 1. The quantitative estimate of drug-likeness (QED) is 0.835. The average molecular weight is 257 g/mol. The van der Waals surface area contributed by atoms with E-state index in [9.17, 15) is 4.79 Å². The van der Waals surface area contributed by atoms with Crippen molar-refractivity contribution in [1.82, 2.24) is 5.32 Å². The molecule has 1 amide bonds. The summed E-state index contributed by atoms with van der Waals surface area (Å²) in [7, 11) is 0. The van der Waals surface area contributed by atoms with Crippen molar-refractivity contribution in [3.05, 3.63) is 59.0 Å². The molecule has 0 spiro atoms. The highest BCUT2D eigenvalue weighted by Crippen LogP contribution is 2.12. The minimum atomic E-state index is -0.0746. The maximum atomic E-state index is 11.7. The van der Waals surface area contributed by atoms with E-state index >= 15 is 0 Å². The van der Waals surface area contributed by atoms with Gasteiger partial charge >= 0.3 is 0 Å². The van der Waals surface area contributed by atoms with Crippen molar-refractivity contribution >= 4 is 5.91 Å². The first-order valence-electron chi connectivity index (χ1n) is 6.53. The highest BCUT2D eigenvalue weighted by Gasteiger charge is 2.05. The molecule has 3 nitrogen and oxygen atoms in total. The second-order valence-electron chi connectivity index (χ2n) is 4.80. The van der Waals surface area contributed by atoms with Gasteiger partial charge in [-0.25, -0.2) is 0 Å². The number of aryl methyl sites for hydroxylation is 3. The van der Waals surface area contributed by atoms with E-state index in [0.717, 1.165) is 12.8 Å². The Morgan fingerprint density at radius 2 is 2.11 bits per heavy atom. The molecular weight excluding hydrogens is 238 g/mol. The lowest BCUT2D eigenvalue weighted by Crippen LogP contribution is -2.24. The normalized spacial score (nSPS) is 10.4. The minimum absolute atomic E-state index is 0.0746. The summed E-state index contributed by atoms with van der Waals surface area (Å²) in [6.45, 7) is 4.91. The Morgan fingerprint density at radius 3 is 2.79 bits per heavy atom. The maximum Gasteiger partial charge on any atom is 0.254 e. The van der Waals surface area contributed by atoms with Crippen LogP contribution >= 0.6 is 0 Å². The van der Waals surface area contributed by atoms with Gasteiger partial charge in [0.2, 0.25) is 0 Å². The molecule has 0 unspecified atom stereocenters. The molecule has 2 aromatic rings. The fraction of sp³-hybridized carbons (Fsp3) is 0.312. The van der Waals surface area contributed by atoms with Crippen LogP contribution in [-0.4, -0.2) is 12.5 Å². The zero-order valence-electron chi connectivity index (χ0n) is 11.4. The predicted molar refractivity (Wildman–Crippen MR) is 75.3 cm³/mol. The molecular formula is C16H19NO2. The fourth-order valence-electron chi connectivity index (χ4n) is 2.10. The van der Waals surface area contributed by atoms with E-state index in [1.54, 1.807) is 6.07 Å². The van der Waals surface area contributed by atoms with E-state index in [1.807, 2.05) is 0 Å². The van der Waals surface area contributed by atoms with Gasteiger partial charge in [0.25, 0.3) is 5.91 Å². The van der Waals surface area contributed by atoms with Crippen LogP contribution < -0.4 is 5.32 Å². The molecule has 0 fully saturated rings. The monoisotopic (exact) mass is 257 g/mol. The van der Waals surface area contributed by atoms with Crippen LogP contribution in [0.15, 0.2) is 41.2 Å². The molecule has 1 N–H and O–H groups in total. The standard InChI is InChI=1S/C16H19NO2/c1-12-5-6-14(13(2)10-12)4-3-8-17-16(18)15-7-9-19-11-15/h5-7,9-11H,3-4,8H2,1-2H3,(H,17,18).